The van der Waals surface area contributed by atoms with Crippen LogP contribution in [0.15, 0.2) is 59.2 Å². The lowest BCUT2D eigenvalue weighted by molar-refractivity contribution is -0.113. The van der Waals surface area contributed by atoms with Gasteiger partial charge < -0.3 is 9.47 Å². The predicted molar refractivity (Wildman–Crippen MR) is 130 cm³/mol. The van der Waals surface area contributed by atoms with E-state index in [-0.39, 0.29) is 12.0 Å². The number of carbonyl (C=O) groups is 1. The Kier molecular flexibility index (Phi) is 8.18. The second-order valence-corrected chi connectivity index (χ2v) is 8.49. The quantitative estimate of drug-likeness (QED) is 0.348. The smallest absolute Gasteiger partial charge is 0.283 e. The van der Waals surface area contributed by atoms with E-state index in [4.69, 9.17) is 9.47 Å². The summed E-state index contributed by atoms with van der Waals surface area (Å²) >= 11 is 1.62. The van der Waals surface area contributed by atoms with Gasteiger partial charge in [-0.05, 0) is 75.2 Å². The van der Waals surface area contributed by atoms with Crippen LogP contribution in [0.4, 0.5) is 5.69 Å². The van der Waals surface area contributed by atoms with E-state index >= 15 is 0 Å². The topological polar surface area (TPSA) is 51.1 Å². The van der Waals surface area contributed by atoms with Crippen LogP contribution in [0.5, 0.6) is 11.5 Å². The van der Waals surface area contributed by atoms with Gasteiger partial charge in [-0.15, -0.1) is 0 Å². The van der Waals surface area contributed by atoms with Crippen LogP contribution in [0, 0.1) is 0 Å². The molecule has 0 radical (unpaired) electrons. The summed E-state index contributed by atoms with van der Waals surface area (Å²) in [6.45, 7) is 8.70. The zero-order valence-electron chi connectivity index (χ0n) is 18.6. The van der Waals surface area contributed by atoms with Gasteiger partial charge in [0.05, 0.1) is 18.4 Å². The Bertz CT molecular complexity index is 934. The molecule has 2 aromatic rings. The summed E-state index contributed by atoms with van der Waals surface area (Å²) in [5, 5.41) is 0.716. The highest BCUT2D eigenvalue weighted by atomic mass is 32.2. The van der Waals surface area contributed by atoms with Crippen molar-refractivity contribution in [3.8, 4) is 11.5 Å². The standard InChI is InChI=1S/C25H30N2O3S/c1-5-7-16-31-25-26-23(17-19-8-12-22(13-9-19)30-18(3)4)24(28)27(25)20-10-14-21(15-11-20)29-6-2/h8-15,17-18H,5-7,16H2,1-4H3. The van der Waals surface area contributed by atoms with Gasteiger partial charge in [0.1, 0.15) is 17.2 Å². The maximum atomic E-state index is 13.3. The minimum atomic E-state index is -0.120. The number of aliphatic imine (C=N–C) groups is 1. The van der Waals surface area contributed by atoms with Crippen molar-refractivity contribution in [2.24, 2.45) is 4.99 Å². The number of amidine groups is 1. The van der Waals surface area contributed by atoms with Crippen molar-refractivity contribution >= 4 is 34.6 Å². The Balaban J connectivity index is 1.85. The third-order valence-corrected chi connectivity index (χ3v) is 5.54. The molecule has 6 heteroatoms. The van der Waals surface area contributed by atoms with Gasteiger partial charge >= 0.3 is 0 Å². The van der Waals surface area contributed by atoms with Gasteiger partial charge in [-0.2, -0.15) is 0 Å². The molecule has 164 valence electrons. The van der Waals surface area contributed by atoms with Crippen molar-refractivity contribution in [1.82, 2.24) is 0 Å². The van der Waals surface area contributed by atoms with Gasteiger partial charge in [0.2, 0.25) is 0 Å². The van der Waals surface area contributed by atoms with Crippen LogP contribution < -0.4 is 14.4 Å². The molecule has 1 aliphatic heterocycles. The van der Waals surface area contributed by atoms with Crippen LogP contribution in [0.1, 0.15) is 46.1 Å². The van der Waals surface area contributed by atoms with Gasteiger partial charge in [-0.25, -0.2) is 4.99 Å². The van der Waals surface area contributed by atoms with E-state index in [1.807, 2.05) is 75.4 Å². The molecule has 3 rings (SSSR count). The number of hydrogen-bond acceptors (Lipinski definition) is 5. The Morgan fingerprint density at radius 3 is 2.32 bits per heavy atom. The molecule has 0 saturated carbocycles. The highest BCUT2D eigenvalue weighted by molar-refractivity contribution is 8.14. The molecule has 0 saturated heterocycles. The predicted octanol–water partition coefficient (Wildman–Crippen LogP) is 6.15. The minimum Gasteiger partial charge on any atom is -0.494 e. The van der Waals surface area contributed by atoms with Crippen LogP contribution in [0.3, 0.4) is 0 Å². The fourth-order valence-corrected chi connectivity index (χ4v) is 4.16. The summed E-state index contributed by atoms with van der Waals surface area (Å²) in [6, 6.07) is 15.3. The van der Waals surface area contributed by atoms with Crippen LogP contribution in [0.2, 0.25) is 0 Å². The molecule has 5 nitrogen and oxygen atoms in total. The van der Waals surface area contributed by atoms with E-state index in [9.17, 15) is 4.79 Å². The van der Waals surface area contributed by atoms with Crippen molar-refractivity contribution < 1.29 is 14.3 Å². The van der Waals surface area contributed by atoms with Gasteiger partial charge in [-0.3, -0.25) is 9.69 Å². The fourth-order valence-electron chi connectivity index (χ4n) is 3.06. The number of thioether (sulfide) groups is 1. The SMILES string of the molecule is CCCCSC1=NC(=Cc2ccc(OC(C)C)cc2)C(=O)N1c1ccc(OCC)cc1. The maximum absolute atomic E-state index is 13.3. The van der Waals surface area contributed by atoms with Crippen molar-refractivity contribution in [1.29, 1.82) is 0 Å². The average molecular weight is 439 g/mol. The molecular formula is C25H30N2O3S. The van der Waals surface area contributed by atoms with E-state index in [2.05, 4.69) is 11.9 Å². The summed E-state index contributed by atoms with van der Waals surface area (Å²) in [4.78, 5) is 19.6. The molecule has 0 spiro atoms. The Morgan fingerprint density at radius 1 is 1.03 bits per heavy atom. The van der Waals surface area contributed by atoms with Crippen LogP contribution >= 0.6 is 11.8 Å². The van der Waals surface area contributed by atoms with E-state index in [0.717, 1.165) is 41.3 Å². The fraction of sp³-hybridized carbons (Fsp3) is 0.360. The molecule has 0 atom stereocenters. The molecule has 0 bridgehead atoms. The van der Waals surface area contributed by atoms with Crippen molar-refractivity contribution in [2.45, 2.75) is 46.6 Å². The Labute approximate surface area is 189 Å². The van der Waals surface area contributed by atoms with Crippen molar-refractivity contribution in [3.63, 3.8) is 0 Å². The molecule has 2 aromatic carbocycles. The second kappa shape index (κ2) is 11.0. The summed E-state index contributed by atoms with van der Waals surface area (Å²) in [5.41, 5.74) is 2.14. The van der Waals surface area contributed by atoms with Crippen molar-refractivity contribution in [2.75, 3.05) is 17.3 Å². The van der Waals surface area contributed by atoms with Gasteiger partial charge in [-0.1, -0.05) is 37.2 Å². The molecular weight excluding hydrogens is 408 g/mol. The molecule has 1 heterocycles. The number of carbonyl (C=O) groups excluding carboxylic acids is 1. The maximum Gasteiger partial charge on any atom is 0.283 e. The zero-order valence-corrected chi connectivity index (χ0v) is 19.4. The molecule has 0 unspecified atom stereocenters. The largest absolute Gasteiger partial charge is 0.494 e. The Morgan fingerprint density at radius 2 is 1.71 bits per heavy atom. The van der Waals surface area contributed by atoms with Gasteiger partial charge in [0.15, 0.2) is 5.17 Å². The van der Waals surface area contributed by atoms with Gasteiger partial charge in [0.25, 0.3) is 5.91 Å². The molecule has 1 amide bonds. The minimum absolute atomic E-state index is 0.120. The first kappa shape index (κ1) is 22.9. The normalized spacial score (nSPS) is 15.0. The molecule has 1 aliphatic rings. The number of nitrogens with zero attached hydrogens (tertiary/aromatic N) is 2. The Hall–Kier alpha value is -2.73. The second-order valence-electron chi connectivity index (χ2n) is 7.43. The third kappa shape index (κ3) is 6.14. The lowest BCUT2D eigenvalue weighted by atomic mass is 10.2. The lowest BCUT2D eigenvalue weighted by Crippen LogP contribution is -2.30. The highest BCUT2D eigenvalue weighted by Gasteiger charge is 2.31. The number of benzene rings is 2. The van der Waals surface area contributed by atoms with Gasteiger partial charge in [0, 0.05) is 5.75 Å². The summed E-state index contributed by atoms with van der Waals surface area (Å²) in [7, 11) is 0. The molecule has 0 aromatic heterocycles. The number of amides is 1. The number of rotatable bonds is 9. The number of anilines is 1. The number of unbranched alkanes of at least 4 members (excludes halogenated alkanes) is 1. The average Bonchev–Trinajstić information content (AvgIpc) is 3.05. The molecule has 31 heavy (non-hydrogen) atoms. The van der Waals surface area contributed by atoms with E-state index in [1.54, 1.807) is 16.7 Å². The monoisotopic (exact) mass is 438 g/mol. The van der Waals surface area contributed by atoms with E-state index in [1.165, 1.54) is 0 Å². The van der Waals surface area contributed by atoms with Crippen LogP contribution in [-0.4, -0.2) is 29.5 Å². The zero-order chi connectivity index (χ0) is 22.2. The van der Waals surface area contributed by atoms with E-state index in [0.29, 0.717) is 17.5 Å². The third-order valence-electron chi connectivity index (χ3n) is 4.52. The molecule has 0 fully saturated rings. The number of hydrogen-bond donors (Lipinski definition) is 0. The van der Waals surface area contributed by atoms with Crippen LogP contribution in [-0.2, 0) is 4.79 Å². The van der Waals surface area contributed by atoms with Crippen molar-refractivity contribution in [3.05, 3.63) is 59.8 Å². The lowest BCUT2D eigenvalue weighted by Gasteiger charge is -2.18. The summed E-state index contributed by atoms with van der Waals surface area (Å²) in [5.74, 6) is 2.40. The first-order valence-corrected chi connectivity index (χ1v) is 11.8. The first-order chi connectivity index (χ1) is 15.0. The summed E-state index contributed by atoms with van der Waals surface area (Å²) in [6.07, 6.45) is 4.13. The van der Waals surface area contributed by atoms with Crippen LogP contribution in [0.25, 0.3) is 6.08 Å². The number of ether oxygens (including phenoxy) is 2. The first-order valence-electron chi connectivity index (χ1n) is 10.8. The highest BCUT2D eigenvalue weighted by Crippen LogP contribution is 2.31. The molecule has 0 aliphatic carbocycles. The van der Waals surface area contributed by atoms with E-state index < -0.39 is 0 Å². The molecule has 0 N–H and O–H groups in total. The summed E-state index contributed by atoms with van der Waals surface area (Å²) < 4.78 is 11.2.